The molecule has 0 amide bonds. The fraction of sp³-hybridized carbons (Fsp3) is 0.235. The molecule has 0 aliphatic carbocycles. The van der Waals surface area contributed by atoms with Crippen LogP contribution in [-0.2, 0) is 23.9 Å². The number of rotatable bonds is 6. The molecule has 0 spiro atoms. The number of ketones is 1. The zero-order valence-electron chi connectivity index (χ0n) is 16.1. The zero-order valence-corrected chi connectivity index (χ0v) is 17.8. The van der Waals surface area contributed by atoms with E-state index in [2.05, 4.69) is 39.9 Å². The fourth-order valence-electron chi connectivity index (χ4n) is 3.19. The van der Waals surface area contributed by atoms with Crippen molar-refractivity contribution >= 4 is 63.6 Å². The van der Waals surface area contributed by atoms with Crippen molar-refractivity contribution in [2.45, 2.75) is 20.9 Å². The lowest BCUT2D eigenvalue weighted by Gasteiger charge is -2.28. The quantitative estimate of drug-likeness (QED) is 0.170. The van der Waals surface area contributed by atoms with Crippen molar-refractivity contribution in [3.8, 4) is 0 Å². The molecule has 1 fully saturated rings. The number of hydrogen-bond acceptors (Lipinski definition) is 13. The normalized spacial score (nSPS) is 20.7. The summed E-state index contributed by atoms with van der Waals surface area (Å²) in [4.78, 5) is 68.4. The predicted molar refractivity (Wildman–Crippen MR) is 110 cm³/mol. The Morgan fingerprint density at radius 2 is 1.66 bits per heavy atom. The summed E-state index contributed by atoms with van der Waals surface area (Å²) in [7, 11) is 1.16. The van der Waals surface area contributed by atoms with Crippen LogP contribution >= 0.6 is 23.5 Å². The molecule has 2 atom stereocenters. The number of Topliss-reactive ketones (excluding diaryl/α,β-unsaturated/α-hetero) is 1. The van der Waals surface area contributed by atoms with Crippen LogP contribution in [0, 0.1) is 0 Å². The van der Waals surface area contributed by atoms with E-state index in [0.717, 1.165) is 30.6 Å². The SMILES string of the molecule is COC(=O)C1(CSc2ncnc3nc[nH]c23)OC(=O)C(=O)C1Sc1ncnc2nc[nH]c12. The van der Waals surface area contributed by atoms with Crippen molar-refractivity contribution in [3.05, 3.63) is 25.3 Å². The highest BCUT2D eigenvalue weighted by atomic mass is 32.2. The number of thioether (sulfide) groups is 2. The second kappa shape index (κ2) is 7.83. The number of carbonyl (C=O) groups is 3. The van der Waals surface area contributed by atoms with Crippen molar-refractivity contribution in [1.82, 2.24) is 39.9 Å². The number of methoxy groups -OCH3 is 1. The van der Waals surface area contributed by atoms with E-state index in [1.54, 1.807) is 0 Å². The van der Waals surface area contributed by atoms with Crippen molar-refractivity contribution < 1.29 is 23.9 Å². The van der Waals surface area contributed by atoms with Gasteiger partial charge in [-0.3, -0.25) is 4.79 Å². The molecule has 0 aromatic carbocycles. The Labute approximate surface area is 186 Å². The lowest BCUT2D eigenvalue weighted by molar-refractivity contribution is -0.169. The third-order valence-electron chi connectivity index (χ3n) is 4.70. The Balaban J connectivity index is 1.53. The molecule has 5 rings (SSSR count). The molecule has 1 saturated heterocycles. The maximum Gasteiger partial charge on any atom is 0.377 e. The lowest BCUT2D eigenvalue weighted by Crippen LogP contribution is -2.50. The summed E-state index contributed by atoms with van der Waals surface area (Å²) < 4.78 is 10.3. The number of H-pyrrole nitrogens is 2. The average Bonchev–Trinajstić information content (AvgIpc) is 3.53. The Hall–Kier alpha value is -3.59. The van der Waals surface area contributed by atoms with Crippen LogP contribution in [0.1, 0.15) is 0 Å². The first kappa shape index (κ1) is 20.3. The highest BCUT2D eigenvalue weighted by Gasteiger charge is 2.62. The molecule has 2 N–H and O–H groups in total. The second-order valence-corrected chi connectivity index (χ2v) is 8.54. The topological polar surface area (TPSA) is 179 Å². The van der Waals surface area contributed by atoms with Crippen LogP contribution < -0.4 is 0 Å². The third-order valence-corrected chi connectivity index (χ3v) is 7.22. The minimum absolute atomic E-state index is 0.142. The van der Waals surface area contributed by atoms with E-state index in [1.165, 1.54) is 25.3 Å². The van der Waals surface area contributed by atoms with Gasteiger partial charge >= 0.3 is 11.9 Å². The molecule has 32 heavy (non-hydrogen) atoms. The number of aromatic amines is 2. The van der Waals surface area contributed by atoms with Gasteiger partial charge in [-0.2, -0.15) is 0 Å². The van der Waals surface area contributed by atoms with E-state index < -0.39 is 28.6 Å². The number of aromatic nitrogens is 8. The van der Waals surface area contributed by atoms with Crippen LogP contribution in [0.2, 0.25) is 0 Å². The van der Waals surface area contributed by atoms with Crippen molar-refractivity contribution in [1.29, 1.82) is 0 Å². The van der Waals surface area contributed by atoms with Crippen LogP contribution in [0.15, 0.2) is 35.4 Å². The first-order chi connectivity index (χ1) is 15.5. The van der Waals surface area contributed by atoms with Gasteiger partial charge in [0.25, 0.3) is 5.78 Å². The van der Waals surface area contributed by atoms with Gasteiger partial charge in [-0.25, -0.2) is 39.5 Å². The maximum atomic E-state index is 12.9. The minimum atomic E-state index is -1.91. The van der Waals surface area contributed by atoms with Gasteiger partial charge < -0.3 is 19.4 Å². The molecule has 2 unspecified atom stereocenters. The Morgan fingerprint density at radius 1 is 1.03 bits per heavy atom. The van der Waals surface area contributed by atoms with Gasteiger partial charge in [0.15, 0.2) is 11.3 Å². The molecular formula is C17H12N8O5S2. The second-order valence-electron chi connectivity index (χ2n) is 6.48. The first-order valence-corrected chi connectivity index (χ1v) is 10.8. The Kier molecular flexibility index (Phi) is 4.97. The predicted octanol–water partition coefficient (Wildman–Crippen LogP) is 0.310. The van der Waals surface area contributed by atoms with Crippen LogP contribution in [-0.4, -0.2) is 81.3 Å². The highest BCUT2D eigenvalue weighted by Crippen LogP contribution is 2.42. The largest absolute Gasteiger partial charge is 0.466 e. The van der Waals surface area contributed by atoms with Crippen molar-refractivity contribution in [2.24, 2.45) is 0 Å². The third kappa shape index (κ3) is 3.16. The molecule has 4 aromatic heterocycles. The van der Waals surface area contributed by atoms with Gasteiger partial charge in [0, 0.05) is 0 Å². The molecule has 13 nitrogen and oxygen atoms in total. The minimum Gasteiger partial charge on any atom is -0.466 e. The van der Waals surface area contributed by atoms with Crippen LogP contribution in [0.3, 0.4) is 0 Å². The van der Waals surface area contributed by atoms with E-state index in [1.807, 2.05) is 0 Å². The van der Waals surface area contributed by atoms with Gasteiger partial charge in [0.05, 0.1) is 25.5 Å². The molecule has 15 heteroatoms. The summed E-state index contributed by atoms with van der Waals surface area (Å²) in [6.45, 7) is 0. The van der Waals surface area contributed by atoms with E-state index in [0.29, 0.717) is 32.4 Å². The van der Waals surface area contributed by atoms with Crippen molar-refractivity contribution in [2.75, 3.05) is 12.9 Å². The summed E-state index contributed by atoms with van der Waals surface area (Å²) in [5, 5.41) is -0.455. The summed E-state index contributed by atoms with van der Waals surface area (Å²) in [6, 6.07) is 0. The average molecular weight is 472 g/mol. The fourth-order valence-corrected chi connectivity index (χ4v) is 5.63. The van der Waals surface area contributed by atoms with E-state index in [4.69, 9.17) is 9.47 Å². The van der Waals surface area contributed by atoms with Crippen LogP contribution in [0.25, 0.3) is 22.3 Å². The Bertz CT molecular complexity index is 1370. The van der Waals surface area contributed by atoms with Crippen molar-refractivity contribution in [3.63, 3.8) is 0 Å². The first-order valence-electron chi connectivity index (χ1n) is 8.96. The Morgan fingerprint density at radius 3 is 2.31 bits per heavy atom. The molecule has 4 aromatic rings. The number of cyclic esters (lactones) is 1. The molecule has 0 radical (unpaired) electrons. The zero-order chi connectivity index (χ0) is 22.3. The number of esters is 2. The molecule has 1 aliphatic heterocycles. The standard InChI is InChI=1S/C17H12N8O5S2/c1-29-16(28)17(2-31-13-7-11(20-3-18-7)22-5-24-13)10(9(26)15(27)30-17)32-14-8-12(21-4-19-8)23-6-25-14/h3-6,10H,2H2,1H3,(H,18,20,22,24)(H,19,21,23,25). The van der Waals surface area contributed by atoms with Crippen LogP contribution in [0.5, 0.6) is 0 Å². The number of nitrogens with one attached hydrogen (secondary N) is 2. The summed E-state index contributed by atoms with van der Waals surface area (Å²) >= 11 is 2.00. The number of carbonyl (C=O) groups excluding carboxylic acids is 3. The lowest BCUT2D eigenvalue weighted by atomic mass is 10.0. The summed E-state index contributed by atoms with van der Waals surface area (Å²) in [5.41, 5.74) is -0.0887. The molecule has 5 heterocycles. The van der Waals surface area contributed by atoms with Crippen LogP contribution in [0.4, 0.5) is 0 Å². The smallest absolute Gasteiger partial charge is 0.377 e. The number of nitrogens with zero attached hydrogens (tertiary/aromatic N) is 6. The van der Waals surface area contributed by atoms with Gasteiger partial charge in [-0.15, -0.1) is 0 Å². The highest BCUT2D eigenvalue weighted by molar-refractivity contribution is 8.01. The van der Waals surface area contributed by atoms with Gasteiger partial charge in [0.2, 0.25) is 5.60 Å². The van der Waals surface area contributed by atoms with E-state index in [9.17, 15) is 14.4 Å². The molecular weight excluding hydrogens is 460 g/mol. The number of hydrogen-bond donors (Lipinski definition) is 2. The van der Waals surface area contributed by atoms with Gasteiger partial charge in [-0.1, -0.05) is 23.5 Å². The maximum absolute atomic E-state index is 12.9. The molecule has 1 aliphatic rings. The molecule has 162 valence electrons. The number of ether oxygens (including phenoxy) is 2. The van der Waals surface area contributed by atoms with E-state index >= 15 is 0 Å². The monoisotopic (exact) mass is 472 g/mol. The molecule has 0 saturated carbocycles. The van der Waals surface area contributed by atoms with Gasteiger partial charge in [-0.05, 0) is 0 Å². The van der Waals surface area contributed by atoms with Gasteiger partial charge in [0.1, 0.15) is 39.0 Å². The number of imidazole rings is 2. The summed E-state index contributed by atoms with van der Waals surface area (Å²) in [5.74, 6) is -3.01. The van der Waals surface area contributed by atoms with E-state index in [-0.39, 0.29) is 5.75 Å². The summed E-state index contributed by atoms with van der Waals surface area (Å²) in [6.07, 6.45) is 5.49. The number of fused-ring (bicyclic) bond motifs is 2. The molecule has 0 bridgehead atoms.